The van der Waals surface area contributed by atoms with Gasteiger partial charge in [-0.1, -0.05) is 11.6 Å². The second kappa shape index (κ2) is 6.52. The molecule has 0 aromatic heterocycles. The summed E-state index contributed by atoms with van der Waals surface area (Å²) >= 11 is 5.67. The lowest BCUT2D eigenvalue weighted by Crippen LogP contribution is -2.48. The van der Waals surface area contributed by atoms with Gasteiger partial charge < -0.3 is 10.1 Å². The molecule has 1 heterocycles. The minimum atomic E-state index is -0.500. The van der Waals surface area contributed by atoms with E-state index in [1.807, 2.05) is 18.7 Å². The van der Waals surface area contributed by atoms with Crippen molar-refractivity contribution in [3.63, 3.8) is 0 Å². The first kappa shape index (κ1) is 15.2. The number of ether oxygens (including phenoxy) is 1. The van der Waals surface area contributed by atoms with Gasteiger partial charge in [-0.15, -0.1) is 0 Å². The number of carbonyl (C=O) groups excluding carboxylic acids is 1. The molecule has 0 bridgehead atoms. The van der Waals surface area contributed by atoms with E-state index >= 15 is 0 Å². The Morgan fingerprint density at radius 3 is 2.70 bits per heavy atom. The third-order valence-electron chi connectivity index (χ3n) is 3.07. The lowest BCUT2D eigenvalue weighted by Gasteiger charge is -2.34. The van der Waals surface area contributed by atoms with Gasteiger partial charge in [0, 0.05) is 18.8 Å². The molecule has 1 saturated heterocycles. The Morgan fingerprint density at radius 2 is 2.10 bits per heavy atom. The molecule has 0 saturated carbocycles. The summed E-state index contributed by atoms with van der Waals surface area (Å²) in [5, 5.41) is 2.71. The van der Waals surface area contributed by atoms with E-state index in [2.05, 4.69) is 5.32 Å². The second-order valence-corrected chi connectivity index (χ2v) is 5.54. The largest absolute Gasteiger partial charge is 0.373 e. The van der Waals surface area contributed by atoms with Crippen LogP contribution in [0.5, 0.6) is 0 Å². The van der Waals surface area contributed by atoms with Crippen LogP contribution in [0.25, 0.3) is 0 Å². The molecule has 0 aliphatic carbocycles. The Bertz CT molecular complexity index is 488. The fraction of sp³-hybridized carbons (Fsp3) is 0.500. The number of benzene rings is 1. The van der Waals surface area contributed by atoms with Crippen LogP contribution in [0.1, 0.15) is 13.8 Å². The van der Waals surface area contributed by atoms with Crippen molar-refractivity contribution in [1.29, 1.82) is 0 Å². The van der Waals surface area contributed by atoms with Crippen LogP contribution in [0.3, 0.4) is 0 Å². The molecule has 0 radical (unpaired) electrons. The van der Waals surface area contributed by atoms with E-state index in [4.69, 9.17) is 16.3 Å². The van der Waals surface area contributed by atoms with Crippen molar-refractivity contribution in [3.05, 3.63) is 29.0 Å². The van der Waals surface area contributed by atoms with E-state index in [1.54, 1.807) is 0 Å². The number of morpholine rings is 1. The number of anilines is 1. The van der Waals surface area contributed by atoms with Crippen LogP contribution in [0, 0.1) is 5.82 Å². The summed E-state index contributed by atoms with van der Waals surface area (Å²) in [6.45, 7) is 5.71. The van der Waals surface area contributed by atoms with Crippen LogP contribution < -0.4 is 5.32 Å². The second-order valence-electron chi connectivity index (χ2n) is 5.13. The van der Waals surface area contributed by atoms with Crippen molar-refractivity contribution < 1.29 is 13.9 Å². The summed E-state index contributed by atoms with van der Waals surface area (Å²) in [5.41, 5.74) is 0.496. The smallest absolute Gasteiger partial charge is 0.238 e. The molecule has 1 aliphatic rings. The van der Waals surface area contributed by atoms with Crippen molar-refractivity contribution >= 4 is 23.2 Å². The number of rotatable bonds is 3. The van der Waals surface area contributed by atoms with Crippen LogP contribution in [0.15, 0.2) is 18.2 Å². The van der Waals surface area contributed by atoms with Gasteiger partial charge in [0.1, 0.15) is 5.82 Å². The predicted molar refractivity (Wildman–Crippen MR) is 76.5 cm³/mol. The van der Waals surface area contributed by atoms with Gasteiger partial charge in [-0.3, -0.25) is 9.69 Å². The zero-order valence-electron chi connectivity index (χ0n) is 11.5. The first-order chi connectivity index (χ1) is 9.44. The monoisotopic (exact) mass is 300 g/mol. The fourth-order valence-electron chi connectivity index (χ4n) is 2.39. The van der Waals surface area contributed by atoms with E-state index in [0.29, 0.717) is 5.69 Å². The van der Waals surface area contributed by atoms with Crippen molar-refractivity contribution in [2.24, 2.45) is 0 Å². The molecular weight excluding hydrogens is 283 g/mol. The predicted octanol–water partition coefficient (Wildman–Crippen LogP) is 2.53. The highest BCUT2D eigenvalue weighted by Gasteiger charge is 2.23. The molecule has 1 aromatic carbocycles. The van der Waals surface area contributed by atoms with Crippen LogP contribution in [-0.4, -0.2) is 42.6 Å². The van der Waals surface area contributed by atoms with Gasteiger partial charge in [-0.05, 0) is 32.0 Å². The minimum absolute atomic E-state index is 0.00332. The summed E-state index contributed by atoms with van der Waals surface area (Å²) in [5.74, 6) is -0.644. The zero-order chi connectivity index (χ0) is 14.7. The maximum absolute atomic E-state index is 13.0. The average Bonchev–Trinajstić information content (AvgIpc) is 2.32. The van der Waals surface area contributed by atoms with E-state index in [9.17, 15) is 9.18 Å². The van der Waals surface area contributed by atoms with Gasteiger partial charge in [0.15, 0.2) is 0 Å². The lowest BCUT2D eigenvalue weighted by atomic mass is 10.2. The third kappa shape index (κ3) is 4.16. The molecule has 2 rings (SSSR count). The maximum Gasteiger partial charge on any atom is 0.238 e. The van der Waals surface area contributed by atoms with Crippen molar-refractivity contribution in [2.75, 3.05) is 25.0 Å². The number of carbonyl (C=O) groups is 1. The Balaban J connectivity index is 1.90. The van der Waals surface area contributed by atoms with Gasteiger partial charge in [0.2, 0.25) is 5.91 Å². The average molecular weight is 301 g/mol. The number of halogens is 2. The van der Waals surface area contributed by atoms with E-state index in [1.165, 1.54) is 18.2 Å². The summed E-state index contributed by atoms with van der Waals surface area (Å²) < 4.78 is 18.6. The number of hydrogen-bond donors (Lipinski definition) is 1. The van der Waals surface area contributed by atoms with E-state index in [-0.39, 0.29) is 29.7 Å². The highest BCUT2D eigenvalue weighted by atomic mass is 35.5. The maximum atomic E-state index is 13.0. The van der Waals surface area contributed by atoms with Crippen molar-refractivity contribution in [1.82, 2.24) is 4.90 Å². The third-order valence-corrected chi connectivity index (χ3v) is 3.36. The lowest BCUT2D eigenvalue weighted by molar-refractivity contribution is -0.121. The summed E-state index contributed by atoms with van der Waals surface area (Å²) in [6, 6.07) is 4.12. The number of nitrogens with one attached hydrogen (secondary N) is 1. The van der Waals surface area contributed by atoms with Crippen LogP contribution in [0.4, 0.5) is 10.1 Å². The molecule has 1 fully saturated rings. The molecule has 4 nitrogen and oxygen atoms in total. The SMILES string of the molecule is C[C@H]1CN(CC(=O)Nc2ccc(F)c(Cl)c2)C[C@H](C)O1. The van der Waals surface area contributed by atoms with E-state index < -0.39 is 5.82 Å². The fourth-order valence-corrected chi connectivity index (χ4v) is 2.57. The number of nitrogens with zero attached hydrogens (tertiary/aromatic N) is 1. The topological polar surface area (TPSA) is 41.6 Å². The number of hydrogen-bond acceptors (Lipinski definition) is 3. The molecule has 110 valence electrons. The normalized spacial score (nSPS) is 23.6. The van der Waals surface area contributed by atoms with Crippen LogP contribution >= 0.6 is 11.6 Å². The molecule has 1 N–H and O–H groups in total. The van der Waals surface area contributed by atoms with Crippen LogP contribution in [-0.2, 0) is 9.53 Å². The molecule has 1 aliphatic heterocycles. The first-order valence-electron chi connectivity index (χ1n) is 6.56. The quantitative estimate of drug-likeness (QED) is 0.932. The van der Waals surface area contributed by atoms with Crippen molar-refractivity contribution in [2.45, 2.75) is 26.1 Å². The highest BCUT2D eigenvalue weighted by molar-refractivity contribution is 6.31. The molecule has 6 heteroatoms. The Morgan fingerprint density at radius 1 is 1.45 bits per heavy atom. The molecule has 20 heavy (non-hydrogen) atoms. The molecule has 2 atom stereocenters. The Labute approximate surface area is 122 Å². The molecule has 1 amide bonds. The first-order valence-corrected chi connectivity index (χ1v) is 6.94. The summed E-state index contributed by atoms with van der Waals surface area (Å²) in [6.07, 6.45) is 0.235. The zero-order valence-corrected chi connectivity index (χ0v) is 12.3. The van der Waals surface area contributed by atoms with Gasteiger partial charge in [0.25, 0.3) is 0 Å². The molecule has 0 unspecified atom stereocenters. The van der Waals surface area contributed by atoms with Gasteiger partial charge in [0.05, 0.1) is 23.8 Å². The van der Waals surface area contributed by atoms with Crippen LogP contribution in [0.2, 0.25) is 5.02 Å². The van der Waals surface area contributed by atoms with Gasteiger partial charge >= 0.3 is 0 Å². The Kier molecular flexibility index (Phi) is 4.96. The molecular formula is C14H18ClFN2O2. The highest BCUT2D eigenvalue weighted by Crippen LogP contribution is 2.19. The number of amides is 1. The summed E-state index contributed by atoms with van der Waals surface area (Å²) in [4.78, 5) is 14.0. The minimum Gasteiger partial charge on any atom is -0.373 e. The van der Waals surface area contributed by atoms with Gasteiger partial charge in [-0.25, -0.2) is 4.39 Å². The summed E-state index contributed by atoms with van der Waals surface area (Å²) in [7, 11) is 0. The molecule has 0 spiro atoms. The Hall–Kier alpha value is -1.17. The van der Waals surface area contributed by atoms with Crippen molar-refractivity contribution in [3.8, 4) is 0 Å². The van der Waals surface area contributed by atoms with Gasteiger partial charge in [-0.2, -0.15) is 0 Å². The van der Waals surface area contributed by atoms with E-state index in [0.717, 1.165) is 13.1 Å². The molecule has 1 aromatic rings. The standard InChI is InChI=1S/C14H18ClFN2O2/c1-9-6-18(7-10(2)20-9)8-14(19)17-11-3-4-13(16)12(15)5-11/h3-5,9-10H,6-8H2,1-2H3,(H,17,19)/t9-,10-/m0/s1.